The highest BCUT2D eigenvalue weighted by atomic mass is 16.5. The Morgan fingerprint density at radius 1 is 0.963 bits per heavy atom. The second-order valence-electron chi connectivity index (χ2n) is 5.99. The molecule has 27 heavy (non-hydrogen) atoms. The predicted molar refractivity (Wildman–Crippen MR) is 108 cm³/mol. The fourth-order valence-electron chi connectivity index (χ4n) is 2.82. The summed E-state index contributed by atoms with van der Waals surface area (Å²) in [5.74, 6) is -0.233. The zero-order valence-corrected chi connectivity index (χ0v) is 15.2. The van der Waals surface area contributed by atoms with E-state index in [9.17, 15) is 9.59 Å². The number of hydrogen-bond acceptors (Lipinski definition) is 5. The molecule has 0 heterocycles. The Labute approximate surface area is 159 Å². The van der Waals surface area contributed by atoms with Crippen LogP contribution >= 0.6 is 0 Å². The lowest BCUT2D eigenvalue weighted by molar-refractivity contribution is -0.132. The quantitative estimate of drug-likeness (QED) is 0.309. The molecule has 0 saturated heterocycles. The predicted octanol–water partition coefficient (Wildman–Crippen LogP) is 2.82. The van der Waals surface area contributed by atoms with Crippen molar-refractivity contribution >= 4 is 11.8 Å². The van der Waals surface area contributed by atoms with E-state index in [1.165, 1.54) is 0 Å². The van der Waals surface area contributed by atoms with E-state index in [1.54, 1.807) is 24.3 Å². The molecular weight excluding hydrogens is 340 g/mol. The van der Waals surface area contributed by atoms with Crippen molar-refractivity contribution in [2.24, 2.45) is 11.5 Å². The Morgan fingerprint density at radius 2 is 1.70 bits per heavy atom. The zero-order chi connectivity index (χ0) is 19.8. The van der Waals surface area contributed by atoms with E-state index in [-0.39, 0.29) is 18.9 Å². The van der Waals surface area contributed by atoms with Crippen LogP contribution < -0.4 is 16.2 Å². The van der Waals surface area contributed by atoms with Crippen molar-refractivity contribution in [2.45, 2.75) is 12.8 Å². The van der Waals surface area contributed by atoms with Crippen LogP contribution in [0, 0.1) is 0 Å². The molecule has 0 atom stereocenters. The van der Waals surface area contributed by atoms with Crippen LogP contribution in [0.1, 0.15) is 21.5 Å². The van der Waals surface area contributed by atoms with Crippen molar-refractivity contribution in [1.82, 2.24) is 0 Å². The zero-order valence-electron chi connectivity index (χ0n) is 15.2. The number of esters is 1. The van der Waals surface area contributed by atoms with Crippen molar-refractivity contribution in [2.75, 3.05) is 13.1 Å². The molecule has 0 spiro atoms. The molecule has 0 aliphatic heterocycles. The van der Waals surface area contributed by atoms with Gasteiger partial charge in [0.05, 0.1) is 13.1 Å². The van der Waals surface area contributed by atoms with Crippen LogP contribution in [0.2, 0.25) is 0 Å². The third kappa shape index (κ3) is 5.00. The summed E-state index contributed by atoms with van der Waals surface area (Å²) in [6.45, 7) is 7.25. The van der Waals surface area contributed by atoms with Crippen molar-refractivity contribution in [3.05, 3.63) is 78.4 Å². The third-order valence-electron chi connectivity index (χ3n) is 4.08. The summed E-state index contributed by atoms with van der Waals surface area (Å²) in [6, 6.07) is 11.0. The number of nitrogens with two attached hydrogens (primary N) is 2. The summed E-state index contributed by atoms with van der Waals surface area (Å²) in [7, 11) is 0. The van der Waals surface area contributed by atoms with E-state index in [2.05, 4.69) is 13.2 Å². The maximum atomic E-state index is 12.1. The maximum absolute atomic E-state index is 12.1. The maximum Gasteiger partial charge on any atom is 0.325 e. The van der Waals surface area contributed by atoms with E-state index in [4.69, 9.17) is 16.2 Å². The van der Waals surface area contributed by atoms with Gasteiger partial charge in [-0.3, -0.25) is 9.59 Å². The van der Waals surface area contributed by atoms with Gasteiger partial charge >= 0.3 is 5.97 Å². The van der Waals surface area contributed by atoms with E-state index in [1.807, 2.05) is 24.3 Å². The highest BCUT2D eigenvalue weighted by molar-refractivity contribution is 5.99. The molecule has 0 amide bonds. The van der Waals surface area contributed by atoms with Gasteiger partial charge in [-0.05, 0) is 47.7 Å². The highest BCUT2D eigenvalue weighted by Crippen LogP contribution is 2.33. The van der Waals surface area contributed by atoms with Crippen molar-refractivity contribution in [3.8, 4) is 16.9 Å². The molecule has 0 saturated carbocycles. The molecule has 5 heteroatoms. The summed E-state index contributed by atoms with van der Waals surface area (Å²) in [5.41, 5.74) is 14.9. The molecule has 4 N–H and O–H groups in total. The molecule has 2 rings (SSSR count). The largest absolute Gasteiger partial charge is 0.425 e. The molecular formula is C22H24N2O3. The first kappa shape index (κ1) is 20.3. The third-order valence-corrected chi connectivity index (χ3v) is 4.08. The Kier molecular flexibility index (Phi) is 7.23. The number of benzene rings is 2. The Hall–Kier alpha value is -3.02. The number of rotatable bonds is 9. The smallest absolute Gasteiger partial charge is 0.325 e. The summed E-state index contributed by atoms with van der Waals surface area (Å²) in [4.78, 5) is 23.8. The van der Waals surface area contributed by atoms with Gasteiger partial charge in [0.2, 0.25) is 0 Å². The fraction of sp³-hybridized carbons (Fsp3) is 0.182. The normalized spacial score (nSPS) is 10.3. The summed E-state index contributed by atoms with van der Waals surface area (Å²) >= 11 is 0. The lowest BCUT2D eigenvalue weighted by Crippen LogP contribution is -2.19. The summed E-state index contributed by atoms with van der Waals surface area (Å²) < 4.78 is 5.38. The lowest BCUT2D eigenvalue weighted by Gasteiger charge is -2.14. The van der Waals surface area contributed by atoms with Crippen LogP contribution in [-0.4, -0.2) is 24.8 Å². The molecule has 0 radical (unpaired) electrons. The molecule has 0 bridgehead atoms. The fourth-order valence-corrected chi connectivity index (χ4v) is 2.82. The standard InChI is InChI=1S/C22H24N2O3/c1-3-5-15-7-10-21(27-22(26)14-24)19(11-15)17-8-9-18(20(25)13-23)16(12-17)6-4-2/h3-4,7-12H,1-2,5-6,13-14,23-24H2. The minimum atomic E-state index is -0.519. The number of hydrogen-bond donors (Lipinski definition) is 2. The first-order chi connectivity index (χ1) is 13.0. The monoisotopic (exact) mass is 364 g/mol. The topological polar surface area (TPSA) is 95.4 Å². The number of Topliss-reactive ketones (excluding diaryl/α,β-unsaturated/α-hetero) is 1. The van der Waals surface area contributed by atoms with Crippen LogP contribution in [0.5, 0.6) is 5.75 Å². The van der Waals surface area contributed by atoms with E-state index >= 15 is 0 Å². The first-order valence-corrected chi connectivity index (χ1v) is 8.66. The van der Waals surface area contributed by atoms with Gasteiger partial charge in [-0.25, -0.2) is 0 Å². The Bertz CT molecular complexity index is 872. The summed E-state index contributed by atoms with van der Waals surface area (Å²) in [6.07, 6.45) is 4.74. The van der Waals surface area contributed by atoms with Crippen LogP contribution in [0.25, 0.3) is 11.1 Å². The van der Waals surface area contributed by atoms with Crippen molar-refractivity contribution in [3.63, 3.8) is 0 Å². The molecule has 0 aliphatic rings. The van der Waals surface area contributed by atoms with Gasteiger partial charge in [-0.2, -0.15) is 0 Å². The first-order valence-electron chi connectivity index (χ1n) is 8.66. The van der Waals surface area contributed by atoms with Gasteiger partial charge in [-0.1, -0.05) is 30.4 Å². The van der Waals surface area contributed by atoms with Crippen LogP contribution in [0.3, 0.4) is 0 Å². The van der Waals surface area contributed by atoms with Crippen LogP contribution in [0.4, 0.5) is 0 Å². The van der Waals surface area contributed by atoms with Crippen molar-refractivity contribution in [1.29, 1.82) is 0 Å². The summed E-state index contributed by atoms with van der Waals surface area (Å²) in [5, 5.41) is 0. The average molecular weight is 364 g/mol. The van der Waals surface area contributed by atoms with Gasteiger partial charge in [0.1, 0.15) is 5.75 Å². The second kappa shape index (κ2) is 9.62. The number of ether oxygens (including phenoxy) is 1. The molecule has 0 unspecified atom stereocenters. The van der Waals surface area contributed by atoms with Gasteiger partial charge in [0.25, 0.3) is 0 Å². The second-order valence-corrected chi connectivity index (χ2v) is 5.99. The Balaban J connectivity index is 2.59. The Morgan fingerprint density at radius 3 is 2.33 bits per heavy atom. The highest BCUT2D eigenvalue weighted by Gasteiger charge is 2.15. The van der Waals surface area contributed by atoms with Gasteiger partial charge < -0.3 is 16.2 Å². The van der Waals surface area contributed by atoms with Gasteiger partial charge in [0.15, 0.2) is 5.78 Å². The van der Waals surface area contributed by atoms with E-state index in [0.29, 0.717) is 24.2 Å². The number of carbonyl (C=O) groups is 2. The molecule has 2 aromatic rings. The van der Waals surface area contributed by atoms with E-state index < -0.39 is 5.97 Å². The number of ketones is 1. The molecule has 5 nitrogen and oxygen atoms in total. The number of allylic oxidation sites excluding steroid dienone is 2. The van der Waals surface area contributed by atoms with E-state index in [0.717, 1.165) is 22.3 Å². The SMILES string of the molecule is C=CCc1ccc(OC(=O)CN)c(-c2ccc(C(=O)CN)c(CC=C)c2)c1. The molecule has 0 aromatic heterocycles. The minimum absolute atomic E-state index is 0.0579. The number of carbonyl (C=O) groups excluding carboxylic acids is 2. The van der Waals surface area contributed by atoms with Gasteiger partial charge in [0, 0.05) is 11.1 Å². The molecule has 140 valence electrons. The van der Waals surface area contributed by atoms with Crippen molar-refractivity contribution < 1.29 is 14.3 Å². The van der Waals surface area contributed by atoms with Gasteiger partial charge in [-0.15, -0.1) is 13.2 Å². The molecule has 0 aliphatic carbocycles. The average Bonchev–Trinajstić information content (AvgIpc) is 2.68. The molecule has 2 aromatic carbocycles. The molecule has 0 fully saturated rings. The van der Waals surface area contributed by atoms with Crippen LogP contribution in [-0.2, 0) is 17.6 Å². The minimum Gasteiger partial charge on any atom is -0.425 e. The lowest BCUT2D eigenvalue weighted by atomic mass is 9.93. The van der Waals surface area contributed by atoms with Crippen LogP contribution in [0.15, 0.2) is 61.7 Å².